The average Bonchev–Trinajstić information content (AvgIpc) is 4.03. The number of carbonyl (C=O) groups excluding carboxylic acids is 5. The second-order valence-electron chi connectivity index (χ2n) is 19.5. The van der Waals surface area contributed by atoms with Crippen molar-refractivity contribution in [2.45, 2.75) is 102 Å². The maximum atomic E-state index is 12.7. The number of hydrogen-bond donors (Lipinski definition) is 2. The van der Waals surface area contributed by atoms with E-state index >= 15 is 0 Å². The first-order valence-electron chi connectivity index (χ1n) is 22.5. The molecule has 0 spiro atoms. The molecule has 14 heteroatoms. The first-order chi connectivity index (χ1) is 31.3. The Labute approximate surface area is 392 Å². The van der Waals surface area contributed by atoms with E-state index in [0.29, 0.717) is 19.4 Å². The van der Waals surface area contributed by atoms with Gasteiger partial charge in [-0.3, -0.25) is 24.2 Å². The lowest BCUT2D eigenvalue weighted by atomic mass is 9.98. The van der Waals surface area contributed by atoms with Gasteiger partial charge in [0.05, 0.1) is 23.9 Å². The predicted molar refractivity (Wildman–Crippen MR) is 254 cm³/mol. The number of thiocarbonyl (C=S) groups is 1. The van der Waals surface area contributed by atoms with Gasteiger partial charge in [0.15, 0.2) is 0 Å². The molecule has 66 heavy (non-hydrogen) atoms. The number of primary amides is 1. The minimum Gasteiger partial charge on any atom is -0.465 e. The summed E-state index contributed by atoms with van der Waals surface area (Å²) < 4.78 is 22.3. The number of benzene rings is 4. The lowest BCUT2D eigenvalue weighted by molar-refractivity contribution is -0.145. The summed E-state index contributed by atoms with van der Waals surface area (Å²) in [6.07, 6.45) is 0.0992. The molecule has 3 amide bonds. The van der Waals surface area contributed by atoms with Crippen LogP contribution >= 0.6 is 12.2 Å². The van der Waals surface area contributed by atoms with Crippen LogP contribution < -0.4 is 11.5 Å². The summed E-state index contributed by atoms with van der Waals surface area (Å²) >= 11 is 5.17. The van der Waals surface area contributed by atoms with E-state index in [-0.39, 0.29) is 73.2 Å². The van der Waals surface area contributed by atoms with Crippen LogP contribution in [0.25, 0.3) is 22.3 Å². The third-order valence-corrected chi connectivity index (χ3v) is 12.6. The highest BCUT2D eigenvalue weighted by Gasteiger charge is 2.43. The van der Waals surface area contributed by atoms with Crippen molar-refractivity contribution >= 4 is 47.2 Å². The van der Waals surface area contributed by atoms with Gasteiger partial charge >= 0.3 is 24.1 Å². The van der Waals surface area contributed by atoms with E-state index in [1.165, 1.54) is 43.2 Å². The Kier molecular flexibility index (Phi) is 14.2. The van der Waals surface area contributed by atoms with Crippen molar-refractivity contribution in [1.29, 1.82) is 0 Å². The van der Waals surface area contributed by atoms with Crippen molar-refractivity contribution in [1.82, 2.24) is 9.80 Å². The summed E-state index contributed by atoms with van der Waals surface area (Å²) in [6, 6.07) is 31.6. The van der Waals surface area contributed by atoms with Crippen molar-refractivity contribution < 1.29 is 42.9 Å². The first kappa shape index (κ1) is 47.7. The number of nitrogens with zero attached hydrogens (tertiary/aromatic N) is 2. The van der Waals surface area contributed by atoms with Gasteiger partial charge in [-0.05, 0) is 111 Å². The second-order valence-corrected chi connectivity index (χ2v) is 20.0. The van der Waals surface area contributed by atoms with Crippen molar-refractivity contribution in [2.24, 2.45) is 23.3 Å². The van der Waals surface area contributed by atoms with Gasteiger partial charge in [-0.1, -0.05) is 109 Å². The molecule has 4 aromatic carbocycles. The SMILES string of the molecule is CC(C)(C)OC(=O)N1C[C@H](CC(=O)OCC2c3ccccc3-c3ccccc32)C[C@H]1C(N)=O.CC(C)(C)OC(=O)N1C[C@H](CC(=O)OCC2c3ccccc3-c3ccccc32)C[C@H]1C(N)=S. The quantitative estimate of drug-likeness (QED) is 0.0885. The summed E-state index contributed by atoms with van der Waals surface area (Å²) in [7, 11) is 0. The van der Waals surface area contributed by atoms with Crippen molar-refractivity contribution in [3.8, 4) is 22.3 Å². The van der Waals surface area contributed by atoms with Gasteiger partial charge in [0.2, 0.25) is 5.91 Å². The zero-order chi connectivity index (χ0) is 47.5. The zero-order valence-corrected chi connectivity index (χ0v) is 39.3. The van der Waals surface area contributed by atoms with Gasteiger partial charge in [-0.25, -0.2) is 9.59 Å². The third kappa shape index (κ3) is 11.0. The number of ether oxygens (including phenoxy) is 4. The molecule has 4 atom stereocenters. The predicted octanol–water partition coefficient (Wildman–Crippen LogP) is 8.49. The summed E-state index contributed by atoms with van der Waals surface area (Å²) in [6.45, 7) is 11.8. The van der Waals surface area contributed by atoms with Crippen LogP contribution in [-0.4, -0.2) is 94.4 Å². The minimum atomic E-state index is -0.786. The van der Waals surface area contributed by atoms with E-state index in [0.717, 1.165) is 11.1 Å². The molecule has 8 rings (SSSR count). The molecule has 2 aliphatic heterocycles. The summed E-state index contributed by atoms with van der Waals surface area (Å²) in [4.78, 5) is 65.6. The Hall–Kier alpha value is -6.28. The van der Waals surface area contributed by atoms with Crippen LogP contribution in [0.1, 0.15) is 101 Å². The second kappa shape index (κ2) is 19.7. The Morgan fingerprint density at radius 2 is 0.864 bits per heavy atom. The minimum absolute atomic E-state index is 0.0124. The van der Waals surface area contributed by atoms with Crippen LogP contribution in [0, 0.1) is 11.8 Å². The lowest BCUT2D eigenvalue weighted by Gasteiger charge is -2.28. The summed E-state index contributed by atoms with van der Waals surface area (Å²) in [5.41, 5.74) is 19.5. The Morgan fingerprint density at radius 1 is 0.545 bits per heavy atom. The fourth-order valence-electron chi connectivity index (χ4n) is 9.55. The number of hydrogen-bond acceptors (Lipinski definition) is 10. The van der Waals surface area contributed by atoms with Gasteiger partial charge in [0, 0.05) is 24.9 Å². The van der Waals surface area contributed by atoms with Crippen LogP contribution in [0.5, 0.6) is 0 Å². The van der Waals surface area contributed by atoms with Crippen LogP contribution in [-0.2, 0) is 33.3 Å². The highest BCUT2D eigenvalue weighted by molar-refractivity contribution is 7.80. The molecule has 0 saturated carbocycles. The number of amides is 3. The van der Waals surface area contributed by atoms with E-state index in [2.05, 4.69) is 48.5 Å². The normalized spacial score (nSPS) is 19.7. The number of nitrogens with two attached hydrogens (primary N) is 2. The number of rotatable bonds is 10. The molecule has 4 N–H and O–H groups in total. The largest absolute Gasteiger partial charge is 0.465 e. The molecule has 4 aromatic rings. The molecule has 0 radical (unpaired) electrons. The van der Waals surface area contributed by atoms with Crippen LogP contribution in [0.3, 0.4) is 0 Å². The molecular formula is C52H60N4O9S. The maximum absolute atomic E-state index is 12.7. The van der Waals surface area contributed by atoms with Crippen LogP contribution in [0.4, 0.5) is 9.59 Å². The number of esters is 2. The molecule has 2 saturated heterocycles. The van der Waals surface area contributed by atoms with Gasteiger partial charge in [-0.15, -0.1) is 0 Å². The molecule has 0 aromatic heterocycles. The topological polar surface area (TPSA) is 181 Å². The van der Waals surface area contributed by atoms with Gasteiger partial charge < -0.3 is 30.4 Å². The molecule has 2 fully saturated rings. The van der Waals surface area contributed by atoms with Crippen LogP contribution in [0.15, 0.2) is 97.1 Å². The van der Waals surface area contributed by atoms with Gasteiger partial charge in [-0.2, -0.15) is 0 Å². The fraction of sp³-hybridized carbons (Fsp3) is 0.423. The molecule has 13 nitrogen and oxygen atoms in total. The lowest BCUT2D eigenvalue weighted by Crippen LogP contribution is -2.45. The number of fused-ring (bicyclic) bond motifs is 6. The van der Waals surface area contributed by atoms with E-state index in [1.54, 1.807) is 20.8 Å². The first-order valence-corrected chi connectivity index (χ1v) is 22.9. The maximum Gasteiger partial charge on any atom is 0.410 e. The highest BCUT2D eigenvalue weighted by atomic mass is 32.1. The zero-order valence-electron chi connectivity index (χ0n) is 38.5. The molecule has 348 valence electrons. The molecule has 4 aliphatic rings. The van der Waals surface area contributed by atoms with E-state index in [9.17, 15) is 24.0 Å². The van der Waals surface area contributed by atoms with E-state index in [4.69, 9.17) is 42.6 Å². The monoisotopic (exact) mass is 916 g/mol. The van der Waals surface area contributed by atoms with Crippen molar-refractivity contribution in [3.05, 3.63) is 119 Å². The van der Waals surface area contributed by atoms with Crippen LogP contribution in [0.2, 0.25) is 0 Å². The highest BCUT2D eigenvalue weighted by Crippen LogP contribution is 2.46. The Morgan fingerprint density at radius 3 is 1.18 bits per heavy atom. The fourth-order valence-corrected chi connectivity index (χ4v) is 9.77. The molecule has 2 aliphatic carbocycles. The summed E-state index contributed by atoms with van der Waals surface area (Å²) in [5, 5.41) is 0. The standard InChI is InChI=1S/C26H30N2O5.C26H30N2O4S/c1-26(2,3)33-25(31)28-14-16(12-22(28)24(27)30)13-23(29)32-15-21-19-10-6-4-8-17(19)18-9-5-7-11-20(18)21;1-26(2,3)32-25(30)28-14-16(12-22(28)24(27)33)13-23(29)31-15-21-19-10-6-4-8-17(19)18-9-5-7-11-20(18)21/h4-11,16,21-22H,12-15H2,1-3H3,(H2,27,30);4-11,16,21-22H,12-15H2,1-3H3,(H2,27,33)/t2*16-,22-/m00/s1. The smallest absolute Gasteiger partial charge is 0.410 e. The van der Waals surface area contributed by atoms with Crippen molar-refractivity contribution in [2.75, 3.05) is 26.3 Å². The van der Waals surface area contributed by atoms with Crippen molar-refractivity contribution in [3.63, 3.8) is 0 Å². The van der Waals surface area contributed by atoms with Gasteiger partial charge in [0.25, 0.3) is 0 Å². The molecule has 2 heterocycles. The molecule has 0 bridgehead atoms. The van der Waals surface area contributed by atoms with E-state index in [1.807, 2.05) is 69.3 Å². The molecular weight excluding hydrogens is 857 g/mol. The number of likely N-dealkylation sites (tertiary alicyclic amines) is 2. The Bertz CT molecular complexity index is 2230. The third-order valence-electron chi connectivity index (χ3n) is 12.3. The summed E-state index contributed by atoms with van der Waals surface area (Å²) in [5.74, 6) is -1.53. The number of carbonyl (C=O) groups is 5. The van der Waals surface area contributed by atoms with Gasteiger partial charge in [0.1, 0.15) is 30.5 Å². The van der Waals surface area contributed by atoms with E-state index < -0.39 is 41.4 Å². The average molecular weight is 917 g/mol. The molecule has 0 unspecified atom stereocenters. The Balaban J connectivity index is 0.000000196.